The molecule has 1 unspecified atom stereocenters. The Bertz CT molecular complexity index is 285. The number of hydrogen-bond donors (Lipinski definition) is 2. The van der Waals surface area contributed by atoms with E-state index in [1.165, 1.54) is 18.4 Å². The minimum Gasteiger partial charge on any atom is -0.392 e. The van der Waals surface area contributed by atoms with E-state index < -0.39 is 0 Å². The maximum absolute atomic E-state index is 9.70. The van der Waals surface area contributed by atoms with Crippen LogP contribution in [0.2, 0.25) is 0 Å². The van der Waals surface area contributed by atoms with Crippen molar-refractivity contribution in [1.29, 1.82) is 0 Å². The minimum atomic E-state index is -0.231. The van der Waals surface area contributed by atoms with Gasteiger partial charge in [-0.05, 0) is 37.3 Å². The third kappa shape index (κ3) is 3.98. The summed E-state index contributed by atoms with van der Waals surface area (Å²) in [6, 6.07) is 4.66. The second-order valence-electron chi connectivity index (χ2n) is 4.24. The van der Waals surface area contributed by atoms with Gasteiger partial charge in [-0.3, -0.25) is 4.98 Å². The van der Waals surface area contributed by atoms with Crippen LogP contribution < -0.4 is 5.32 Å². The first-order valence-corrected chi connectivity index (χ1v) is 5.65. The number of aliphatic hydroxyl groups is 1. The van der Waals surface area contributed by atoms with Crippen LogP contribution >= 0.6 is 0 Å². The molecule has 0 bridgehead atoms. The second-order valence-corrected chi connectivity index (χ2v) is 4.24. The molecule has 15 heavy (non-hydrogen) atoms. The van der Waals surface area contributed by atoms with E-state index in [9.17, 15) is 5.11 Å². The molecule has 0 saturated heterocycles. The molecule has 1 aromatic rings. The molecule has 2 rings (SSSR count). The summed E-state index contributed by atoms with van der Waals surface area (Å²) in [6.45, 7) is 0.727. The first-order chi connectivity index (χ1) is 7.34. The van der Waals surface area contributed by atoms with Crippen LogP contribution in [0.15, 0.2) is 24.5 Å². The fourth-order valence-electron chi connectivity index (χ4n) is 1.57. The molecule has 3 nitrogen and oxygen atoms in total. The van der Waals surface area contributed by atoms with Gasteiger partial charge in [0.05, 0.1) is 6.10 Å². The molecule has 0 spiro atoms. The Kier molecular flexibility index (Phi) is 3.69. The third-order valence-electron chi connectivity index (χ3n) is 2.71. The average Bonchev–Trinajstić information content (AvgIpc) is 3.09. The Hall–Kier alpha value is -0.930. The van der Waals surface area contributed by atoms with E-state index in [0.29, 0.717) is 6.04 Å². The summed E-state index contributed by atoms with van der Waals surface area (Å²) in [5.74, 6) is 0. The van der Waals surface area contributed by atoms with Crippen LogP contribution in [0.25, 0.3) is 0 Å². The highest BCUT2D eigenvalue weighted by Gasteiger charge is 2.21. The molecule has 1 heterocycles. The van der Waals surface area contributed by atoms with Crippen molar-refractivity contribution in [3.63, 3.8) is 0 Å². The number of pyridine rings is 1. The van der Waals surface area contributed by atoms with E-state index in [1.54, 1.807) is 6.20 Å². The number of nitrogens with zero attached hydrogens (tertiary/aromatic N) is 1. The van der Waals surface area contributed by atoms with Crippen LogP contribution in [0.5, 0.6) is 0 Å². The molecule has 1 aliphatic carbocycles. The number of nitrogens with one attached hydrogen (secondary N) is 1. The van der Waals surface area contributed by atoms with Crippen LogP contribution in [0.3, 0.4) is 0 Å². The summed E-state index contributed by atoms with van der Waals surface area (Å²) in [5.41, 5.74) is 1.20. The highest BCUT2D eigenvalue weighted by Crippen LogP contribution is 2.18. The molecule has 1 saturated carbocycles. The number of aromatic nitrogens is 1. The van der Waals surface area contributed by atoms with Crippen LogP contribution in [0.4, 0.5) is 0 Å². The summed E-state index contributed by atoms with van der Waals surface area (Å²) in [7, 11) is 0. The quantitative estimate of drug-likeness (QED) is 0.733. The predicted molar refractivity (Wildman–Crippen MR) is 59.6 cm³/mol. The molecule has 0 amide bonds. The standard InChI is InChI=1S/C12H18N2O/c15-12(9-14-11-4-5-11)6-3-10-2-1-7-13-8-10/h1-2,7-8,11-12,14-15H,3-6,9H2. The molecular formula is C12H18N2O. The molecule has 1 fully saturated rings. The highest BCUT2D eigenvalue weighted by molar-refractivity contribution is 5.08. The van der Waals surface area contributed by atoms with Gasteiger partial charge in [0.2, 0.25) is 0 Å². The molecular weight excluding hydrogens is 188 g/mol. The summed E-state index contributed by atoms with van der Waals surface area (Å²) in [5, 5.41) is 13.0. The molecule has 0 aromatic carbocycles. The van der Waals surface area contributed by atoms with E-state index in [4.69, 9.17) is 0 Å². The van der Waals surface area contributed by atoms with Crippen molar-refractivity contribution >= 4 is 0 Å². The molecule has 0 radical (unpaired) electrons. The molecule has 3 heteroatoms. The van der Waals surface area contributed by atoms with E-state index in [2.05, 4.69) is 10.3 Å². The summed E-state index contributed by atoms with van der Waals surface area (Å²) in [6.07, 6.45) is 7.67. The monoisotopic (exact) mass is 206 g/mol. The van der Waals surface area contributed by atoms with Gasteiger partial charge < -0.3 is 10.4 Å². The van der Waals surface area contributed by atoms with Crippen molar-refractivity contribution in [3.8, 4) is 0 Å². The average molecular weight is 206 g/mol. The van der Waals surface area contributed by atoms with Gasteiger partial charge in [-0.2, -0.15) is 0 Å². The Morgan fingerprint density at radius 2 is 2.40 bits per heavy atom. The minimum absolute atomic E-state index is 0.231. The van der Waals surface area contributed by atoms with Gasteiger partial charge in [-0.25, -0.2) is 0 Å². The zero-order valence-electron chi connectivity index (χ0n) is 8.89. The molecule has 1 aromatic heterocycles. The number of hydrogen-bond acceptors (Lipinski definition) is 3. The first-order valence-electron chi connectivity index (χ1n) is 5.65. The van der Waals surface area contributed by atoms with Gasteiger partial charge in [0.25, 0.3) is 0 Å². The molecule has 2 N–H and O–H groups in total. The van der Waals surface area contributed by atoms with E-state index in [0.717, 1.165) is 19.4 Å². The summed E-state index contributed by atoms with van der Waals surface area (Å²) >= 11 is 0. The third-order valence-corrected chi connectivity index (χ3v) is 2.71. The Balaban J connectivity index is 1.63. The van der Waals surface area contributed by atoms with Gasteiger partial charge in [-0.15, -0.1) is 0 Å². The molecule has 1 atom stereocenters. The SMILES string of the molecule is OC(CCc1cccnc1)CNC1CC1. The lowest BCUT2D eigenvalue weighted by Crippen LogP contribution is -2.28. The van der Waals surface area contributed by atoms with Crippen LogP contribution in [0, 0.1) is 0 Å². The van der Waals surface area contributed by atoms with Gasteiger partial charge >= 0.3 is 0 Å². The molecule has 1 aliphatic rings. The summed E-state index contributed by atoms with van der Waals surface area (Å²) in [4.78, 5) is 4.05. The zero-order valence-corrected chi connectivity index (χ0v) is 8.89. The van der Waals surface area contributed by atoms with Crippen LogP contribution in [0.1, 0.15) is 24.8 Å². The number of aliphatic hydroxyl groups excluding tert-OH is 1. The van der Waals surface area contributed by atoms with E-state index >= 15 is 0 Å². The van der Waals surface area contributed by atoms with E-state index in [-0.39, 0.29) is 6.10 Å². The van der Waals surface area contributed by atoms with Crippen molar-refractivity contribution in [1.82, 2.24) is 10.3 Å². The fourth-order valence-corrected chi connectivity index (χ4v) is 1.57. The number of aryl methyl sites for hydroxylation is 1. The van der Waals surface area contributed by atoms with Gasteiger partial charge in [0, 0.05) is 25.0 Å². The topological polar surface area (TPSA) is 45.2 Å². The highest BCUT2D eigenvalue weighted by atomic mass is 16.3. The Morgan fingerprint density at radius 3 is 3.07 bits per heavy atom. The maximum Gasteiger partial charge on any atom is 0.0667 e. The lowest BCUT2D eigenvalue weighted by Gasteiger charge is -2.10. The Morgan fingerprint density at radius 1 is 1.53 bits per heavy atom. The zero-order chi connectivity index (χ0) is 10.5. The Labute approximate surface area is 90.5 Å². The van der Waals surface area contributed by atoms with Gasteiger partial charge in [0.15, 0.2) is 0 Å². The van der Waals surface area contributed by atoms with Crippen molar-refractivity contribution in [2.45, 2.75) is 37.8 Å². The first kappa shape index (κ1) is 10.6. The largest absolute Gasteiger partial charge is 0.392 e. The predicted octanol–water partition coefficient (Wildman–Crippen LogP) is 1.13. The normalized spacial score (nSPS) is 17.7. The lowest BCUT2D eigenvalue weighted by atomic mass is 10.1. The molecule has 82 valence electrons. The van der Waals surface area contributed by atoms with Crippen molar-refractivity contribution in [3.05, 3.63) is 30.1 Å². The fraction of sp³-hybridized carbons (Fsp3) is 0.583. The molecule has 0 aliphatic heterocycles. The maximum atomic E-state index is 9.70. The van der Waals surface area contributed by atoms with Crippen molar-refractivity contribution in [2.24, 2.45) is 0 Å². The van der Waals surface area contributed by atoms with Gasteiger partial charge in [-0.1, -0.05) is 6.07 Å². The van der Waals surface area contributed by atoms with Crippen LogP contribution in [-0.4, -0.2) is 28.8 Å². The number of rotatable bonds is 6. The summed E-state index contributed by atoms with van der Waals surface area (Å²) < 4.78 is 0. The van der Waals surface area contributed by atoms with E-state index in [1.807, 2.05) is 18.3 Å². The van der Waals surface area contributed by atoms with Crippen molar-refractivity contribution < 1.29 is 5.11 Å². The second kappa shape index (κ2) is 5.24. The smallest absolute Gasteiger partial charge is 0.0667 e. The van der Waals surface area contributed by atoms with Crippen molar-refractivity contribution in [2.75, 3.05) is 6.54 Å². The lowest BCUT2D eigenvalue weighted by molar-refractivity contribution is 0.161. The van der Waals surface area contributed by atoms with Gasteiger partial charge in [0.1, 0.15) is 0 Å². The van der Waals surface area contributed by atoms with Crippen LogP contribution in [-0.2, 0) is 6.42 Å².